The number of fused-ring (bicyclic) bond motifs is 1. The first-order valence-corrected chi connectivity index (χ1v) is 8.29. The van der Waals surface area contributed by atoms with Gasteiger partial charge in [0, 0.05) is 35.5 Å². The Morgan fingerprint density at radius 1 is 1.35 bits per heavy atom. The van der Waals surface area contributed by atoms with Gasteiger partial charge in [-0.2, -0.15) is 0 Å². The van der Waals surface area contributed by atoms with Crippen molar-refractivity contribution in [2.45, 2.75) is 26.4 Å². The molecule has 1 aromatic carbocycles. The third-order valence-electron chi connectivity index (χ3n) is 3.39. The molecule has 0 spiro atoms. The standard InChI is InChI=1S/C17H18N2O3S/c1-11(18-8-14-10-23-12(2)19-14)9-21-15-5-3-13-4-6-17(20)22-16(13)7-15/h3-7,10-11,18H,8-9H2,1-2H3. The SMILES string of the molecule is Cc1nc(CNC(C)COc2ccc3ccc(=O)oc3c2)cs1. The third kappa shape index (κ3) is 4.18. The number of nitrogens with one attached hydrogen (secondary N) is 1. The van der Waals surface area contributed by atoms with Gasteiger partial charge in [-0.1, -0.05) is 0 Å². The molecule has 120 valence electrons. The second kappa shape index (κ2) is 6.93. The highest BCUT2D eigenvalue weighted by Crippen LogP contribution is 2.19. The predicted octanol–water partition coefficient (Wildman–Crippen LogP) is 3.12. The second-order valence-electron chi connectivity index (χ2n) is 5.40. The fourth-order valence-electron chi connectivity index (χ4n) is 2.18. The summed E-state index contributed by atoms with van der Waals surface area (Å²) in [5, 5.41) is 7.38. The number of ether oxygens (including phenoxy) is 1. The summed E-state index contributed by atoms with van der Waals surface area (Å²) in [4.78, 5) is 15.7. The Hall–Kier alpha value is -2.18. The van der Waals surface area contributed by atoms with Crippen LogP contribution in [0.15, 0.2) is 44.9 Å². The molecule has 0 fully saturated rings. The minimum atomic E-state index is -0.358. The predicted molar refractivity (Wildman–Crippen MR) is 91.1 cm³/mol. The van der Waals surface area contributed by atoms with Gasteiger partial charge < -0.3 is 14.5 Å². The molecular formula is C17H18N2O3S. The molecule has 3 rings (SSSR count). The van der Waals surface area contributed by atoms with Crippen molar-refractivity contribution in [1.82, 2.24) is 10.3 Å². The van der Waals surface area contributed by atoms with Gasteiger partial charge in [-0.15, -0.1) is 11.3 Å². The van der Waals surface area contributed by atoms with Gasteiger partial charge in [0.15, 0.2) is 0 Å². The maximum absolute atomic E-state index is 11.3. The number of hydrogen-bond donors (Lipinski definition) is 1. The molecule has 2 aromatic heterocycles. The van der Waals surface area contributed by atoms with E-state index in [1.807, 2.05) is 19.1 Å². The number of aromatic nitrogens is 1. The van der Waals surface area contributed by atoms with Gasteiger partial charge in [0.1, 0.15) is 17.9 Å². The van der Waals surface area contributed by atoms with Crippen LogP contribution in [0.25, 0.3) is 11.0 Å². The third-order valence-corrected chi connectivity index (χ3v) is 4.22. The van der Waals surface area contributed by atoms with Crippen molar-refractivity contribution in [2.24, 2.45) is 0 Å². The van der Waals surface area contributed by atoms with Crippen molar-refractivity contribution in [3.8, 4) is 5.75 Å². The lowest BCUT2D eigenvalue weighted by Gasteiger charge is -2.14. The van der Waals surface area contributed by atoms with Gasteiger partial charge in [-0.25, -0.2) is 9.78 Å². The summed E-state index contributed by atoms with van der Waals surface area (Å²) in [5.74, 6) is 0.685. The molecule has 0 amide bonds. The number of rotatable bonds is 6. The van der Waals surface area contributed by atoms with Gasteiger partial charge >= 0.3 is 5.63 Å². The van der Waals surface area contributed by atoms with E-state index in [0.29, 0.717) is 17.9 Å². The summed E-state index contributed by atoms with van der Waals surface area (Å²) in [6, 6.07) is 8.83. The molecule has 0 radical (unpaired) electrons. The minimum Gasteiger partial charge on any atom is -0.492 e. The van der Waals surface area contributed by atoms with Crippen molar-refractivity contribution >= 4 is 22.3 Å². The van der Waals surface area contributed by atoms with Crippen LogP contribution < -0.4 is 15.7 Å². The van der Waals surface area contributed by atoms with Crippen LogP contribution in [-0.2, 0) is 6.54 Å². The lowest BCUT2D eigenvalue weighted by Crippen LogP contribution is -2.31. The normalized spacial score (nSPS) is 12.4. The van der Waals surface area contributed by atoms with E-state index < -0.39 is 0 Å². The van der Waals surface area contributed by atoms with Crippen LogP contribution in [0.4, 0.5) is 0 Å². The van der Waals surface area contributed by atoms with Crippen LogP contribution in [0.5, 0.6) is 5.75 Å². The molecule has 1 N–H and O–H groups in total. The van der Waals surface area contributed by atoms with E-state index in [9.17, 15) is 4.79 Å². The van der Waals surface area contributed by atoms with E-state index in [4.69, 9.17) is 9.15 Å². The smallest absolute Gasteiger partial charge is 0.336 e. The second-order valence-corrected chi connectivity index (χ2v) is 6.47. The van der Waals surface area contributed by atoms with E-state index >= 15 is 0 Å². The van der Waals surface area contributed by atoms with Gasteiger partial charge in [0.05, 0.1) is 10.7 Å². The first-order chi connectivity index (χ1) is 11.1. The molecule has 0 saturated carbocycles. The summed E-state index contributed by atoms with van der Waals surface area (Å²) < 4.78 is 10.9. The first kappa shape index (κ1) is 15.7. The zero-order valence-electron chi connectivity index (χ0n) is 13.0. The number of aryl methyl sites for hydroxylation is 1. The number of nitrogens with zero attached hydrogens (tertiary/aromatic N) is 1. The van der Waals surface area contributed by atoms with E-state index in [1.54, 1.807) is 23.5 Å². The summed E-state index contributed by atoms with van der Waals surface area (Å²) >= 11 is 1.65. The summed E-state index contributed by atoms with van der Waals surface area (Å²) in [7, 11) is 0. The molecule has 1 unspecified atom stereocenters. The van der Waals surface area contributed by atoms with Crippen LogP contribution in [0.1, 0.15) is 17.6 Å². The van der Waals surface area contributed by atoms with Crippen molar-refractivity contribution in [2.75, 3.05) is 6.61 Å². The van der Waals surface area contributed by atoms with Crippen LogP contribution in [-0.4, -0.2) is 17.6 Å². The molecule has 23 heavy (non-hydrogen) atoms. The maximum atomic E-state index is 11.3. The molecule has 3 aromatic rings. The summed E-state index contributed by atoms with van der Waals surface area (Å²) in [6.45, 7) is 5.30. The average molecular weight is 330 g/mol. The molecule has 0 saturated heterocycles. The molecular weight excluding hydrogens is 312 g/mol. The van der Waals surface area contributed by atoms with Crippen LogP contribution in [0, 0.1) is 6.92 Å². The van der Waals surface area contributed by atoms with E-state index in [-0.39, 0.29) is 11.7 Å². The molecule has 5 nitrogen and oxygen atoms in total. The molecule has 0 aliphatic heterocycles. The highest BCUT2D eigenvalue weighted by Gasteiger charge is 2.06. The van der Waals surface area contributed by atoms with Crippen molar-refractivity contribution in [3.05, 3.63) is 56.8 Å². The molecule has 0 aliphatic carbocycles. The average Bonchev–Trinajstić information content (AvgIpc) is 2.96. The van der Waals surface area contributed by atoms with Crippen molar-refractivity contribution < 1.29 is 9.15 Å². The first-order valence-electron chi connectivity index (χ1n) is 7.41. The Morgan fingerprint density at radius 3 is 2.96 bits per heavy atom. The van der Waals surface area contributed by atoms with Gasteiger partial charge in [-0.3, -0.25) is 0 Å². The highest BCUT2D eigenvalue weighted by molar-refractivity contribution is 7.09. The summed E-state index contributed by atoms with van der Waals surface area (Å²) in [6.07, 6.45) is 0. The Balaban J connectivity index is 1.55. The van der Waals surface area contributed by atoms with Crippen LogP contribution in [0.2, 0.25) is 0 Å². The maximum Gasteiger partial charge on any atom is 0.336 e. The molecule has 0 bridgehead atoms. The van der Waals surface area contributed by atoms with E-state index in [2.05, 4.69) is 22.6 Å². The lowest BCUT2D eigenvalue weighted by atomic mass is 10.2. The van der Waals surface area contributed by atoms with E-state index in [1.165, 1.54) is 6.07 Å². The Bertz CT molecular complexity index is 856. The largest absolute Gasteiger partial charge is 0.492 e. The van der Waals surface area contributed by atoms with Crippen LogP contribution >= 0.6 is 11.3 Å². The Labute approximate surface area is 137 Å². The number of benzene rings is 1. The highest BCUT2D eigenvalue weighted by atomic mass is 32.1. The molecule has 2 heterocycles. The van der Waals surface area contributed by atoms with E-state index in [0.717, 1.165) is 22.6 Å². The lowest BCUT2D eigenvalue weighted by molar-refractivity contribution is 0.272. The van der Waals surface area contributed by atoms with Gasteiger partial charge in [-0.05, 0) is 32.0 Å². The zero-order valence-corrected chi connectivity index (χ0v) is 13.9. The molecule has 6 heteroatoms. The fraction of sp³-hybridized carbons (Fsp3) is 0.294. The number of thiazole rings is 1. The van der Waals surface area contributed by atoms with Crippen molar-refractivity contribution in [1.29, 1.82) is 0 Å². The zero-order chi connectivity index (χ0) is 16.2. The quantitative estimate of drug-likeness (QED) is 0.704. The minimum absolute atomic E-state index is 0.176. The molecule has 1 atom stereocenters. The van der Waals surface area contributed by atoms with Gasteiger partial charge in [0.25, 0.3) is 0 Å². The Kier molecular flexibility index (Phi) is 4.73. The fourth-order valence-corrected chi connectivity index (χ4v) is 2.79. The van der Waals surface area contributed by atoms with Crippen LogP contribution in [0.3, 0.4) is 0 Å². The monoisotopic (exact) mass is 330 g/mol. The Morgan fingerprint density at radius 2 is 2.17 bits per heavy atom. The van der Waals surface area contributed by atoms with Gasteiger partial charge in [0.2, 0.25) is 0 Å². The molecule has 0 aliphatic rings. The summed E-state index contributed by atoms with van der Waals surface area (Å²) in [5.41, 5.74) is 1.23. The topological polar surface area (TPSA) is 64.4 Å². The number of hydrogen-bond acceptors (Lipinski definition) is 6. The van der Waals surface area contributed by atoms with Crippen molar-refractivity contribution in [3.63, 3.8) is 0 Å².